The Kier molecular flexibility index (Phi) is 26.0. The van der Waals surface area contributed by atoms with Gasteiger partial charge in [0.05, 0.1) is 0 Å². The van der Waals surface area contributed by atoms with Crippen LogP contribution < -0.4 is 0 Å². The van der Waals surface area contributed by atoms with E-state index in [1.165, 1.54) is 11.8 Å². The summed E-state index contributed by atoms with van der Waals surface area (Å²) in [6.07, 6.45) is 36.7. The van der Waals surface area contributed by atoms with Gasteiger partial charge < -0.3 is 34.5 Å². The normalized spacial score (nSPS) is 20.6. The summed E-state index contributed by atoms with van der Waals surface area (Å²) in [6.45, 7) is 0. The number of rotatable bonds is 1. The Hall–Kier alpha value is 0.817. The van der Waals surface area contributed by atoms with Crippen LogP contribution in [0.1, 0.15) is 0 Å². The van der Waals surface area contributed by atoms with Crippen molar-refractivity contribution in [2.75, 3.05) is 0 Å². The zero-order chi connectivity index (χ0) is 22.9. The monoisotopic (exact) mass is 636 g/mol. The van der Waals surface area contributed by atoms with Crippen LogP contribution in [0, 0.1) is 127 Å². The Morgan fingerprint density at radius 3 is 0.562 bits per heavy atom. The van der Waals surface area contributed by atoms with Crippen LogP contribution in [0.4, 0.5) is 34.5 Å². The first-order chi connectivity index (χ1) is 14.0. The van der Waals surface area contributed by atoms with Crippen molar-refractivity contribution in [2.45, 2.75) is 0 Å². The molecule has 0 atom stereocenters. The SMILES string of the molecule is F[B-](F)(F)F.F[B-](F)(F)F.[CH]1[CH][CH][CH][CH]1.[CH]1[CH][CH][CH][CH]1.[CH]1[CH][CH][C]([C]2[CH][CH][CH][CH]2)[CH]1.[Ru+3].[Ru+3]. The molecule has 0 saturated heterocycles. The second-order valence-corrected chi connectivity index (χ2v) is 5.26. The smallest absolute Gasteiger partial charge is 0.418 e. The van der Waals surface area contributed by atoms with Crippen LogP contribution in [0.2, 0.25) is 0 Å². The zero-order valence-corrected chi connectivity index (χ0v) is 19.8. The molecule has 0 aromatic carbocycles. The topological polar surface area (TPSA) is 0 Å². The number of hydrogen-bond donors (Lipinski definition) is 0. The Morgan fingerprint density at radius 1 is 0.312 bits per heavy atom. The van der Waals surface area contributed by atoms with Gasteiger partial charge in [0.15, 0.2) is 0 Å². The van der Waals surface area contributed by atoms with Crippen LogP contribution in [0.15, 0.2) is 0 Å². The third-order valence-corrected chi connectivity index (χ3v) is 2.77. The third kappa shape index (κ3) is 33.0. The van der Waals surface area contributed by atoms with E-state index in [-0.39, 0.29) is 39.0 Å². The molecule has 0 amide bonds. The molecule has 32 heavy (non-hydrogen) atoms. The van der Waals surface area contributed by atoms with E-state index in [9.17, 15) is 34.5 Å². The fraction of sp³-hybridized carbons (Fsp3) is 0. The van der Waals surface area contributed by atoms with Gasteiger partial charge in [0.25, 0.3) is 0 Å². The third-order valence-electron chi connectivity index (χ3n) is 2.77. The van der Waals surface area contributed by atoms with E-state index in [4.69, 9.17) is 0 Å². The van der Waals surface area contributed by atoms with Crippen molar-refractivity contribution in [1.29, 1.82) is 0 Å². The molecular weight excluding hydrogens is 616 g/mol. The first kappa shape index (κ1) is 37.4. The van der Waals surface area contributed by atoms with Crippen molar-refractivity contribution in [3.63, 3.8) is 0 Å². The largest absolute Gasteiger partial charge is 3.00 e. The molecule has 4 rings (SSSR count). The number of halogens is 8. The molecule has 4 fully saturated rings. The van der Waals surface area contributed by atoms with Crippen molar-refractivity contribution < 1.29 is 73.5 Å². The molecule has 4 aliphatic rings. The van der Waals surface area contributed by atoms with Gasteiger partial charge >= 0.3 is 53.5 Å². The van der Waals surface area contributed by atoms with Gasteiger partial charge in [-0.1, -0.05) is 0 Å². The van der Waals surface area contributed by atoms with Gasteiger partial charge in [0.1, 0.15) is 0 Å². The van der Waals surface area contributed by atoms with E-state index >= 15 is 0 Å². The molecule has 22 radical (unpaired) electrons. The standard InChI is InChI=1S/C10H8.2C5H5.2BF4.2Ru/c1-2-6-9(5-1)10-7-3-4-8-10;2*1-2-4-5-3-1;2*2-1(3,4)5;;/h1-8H;2*1-5H;;;;/q;;;2*-1;2*+3. The molecule has 0 N–H and O–H groups in total. The van der Waals surface area contributed by atoms with Crippen LogP contribution in [-0.4, -0.2) is 14.5 Å². The summed E-state index contributed by atoms with van der Waals surface area (Å²) in [7, 11) is -12.0. The summed E-state index contributed by atoms with van der Waals surface area (Å²) in [5.41, 5.74) is 0. The number of hydrogen-bond acceptors (Lipinski definition) is 0. The maximum Gasteiger partial charge on any atom is 3.00 e. The molecule has 172 valence electrons. The van der Waals surface area contributed by atoms with E-state index in [1.54, 1.807) is 0 Å². The first-order valence-electron chi connectivity index (χ1n) is 8.48. The minimum absolute atomic E-state index is 0. The van der Waals surface area contributed by atoms with Gasteiger partial charge in [-0.2, -0.15) is 0 Å². The Bertz CT molecular complexity index is 316. The van der Waals surface area contributed by atoms with Gasteiger partial charge in [-0.25, -0.2) is 0 Å². The summed E-state index contributed by atoms with van der Waals surface area (Å²) in [6, 6.07) is 0. The van der Waals surface area contributed by atoms with Crippen molar-refractivity contribution in [2.24, 2.45) is 0 Å². The minimum Gasteiger partial charge on any atom is -0.418 e. The van der Waals surface area contributed by atoms with E-state index < -0.39 is 14.5 Å². The molecule has 0 aliphatic heterocycles. The van der Waals surface area contributed by atoms with Gasteiger partial charge in [-0.3, -0.25) is 0 Å². The predicted octanol–water partition coefficient (Wildman–Crippen LogP) is 6.43. The fourth-order valence-electron chi connectivity index (χ4n) is 1.77. The summed E-state index contributed by atoms with van der Waals surface area (Å²) in [5, 5.41) is 0. The molecule has 4 aliphatic carbocycles. The molecule has 4 saturated carbocycles. The summed E-state index contributed by atoms with van der Waals surface area (Å²) >= 11 is 0. The molecule has 12 heteroatoms. The minimum atomic E-state index is -6.00. The van der Waals surface area contributed by atoms with E-state index in [0.29, 0.717) is 0 Å². The van der Waals surface area contributed by atoms with E-state index in [0.717, 1.165) is 0 Å². The molecule has 0 aromatic rings. The molecule has 0 heterocycles. The molecule has 0 spiro atoms. The van der Waals surface area contributed by atoms with Crippen molar-refractivity contribution in [1.82, 2.24) is 0 Å². The van der Waals surface area contributed by atoms with E-state index in [1.807, 2.05) is 64.2 Å². The molecular formula is C20H18B2F8Ru2+4. The van der Waals surface area contributed by atoms with Crippen molar-refractivity contribution in [3.05, 3.63) is 127 Å². The molecule has 0 nitrogen and oxygen atoms in total. The van der Waals surface area contributed by atoms with Gasteiger partial charge in [-0.15, -0.1) is 0 Å². The summed E-state index contributed by atoms with van der Waals surface area (Å²) in [5.74, 6) is 2.62. The summed E-state index contributed by atoms with van der Waals surface area (Å²) in [4.78, 5) is 0. The van der Waals surface area contributed by atoms with Crippen molar-refractivity contribution in [3.8, 4) is 0 Å². The Labute approximate surface area is 214 Å². The fourth-order valence-corrected chi connectivity index (χ4v) is 1.77. The maximum atomic E-state index is 9.75. The Balaban J connectivity index is -0.000000338. The average molecular weight is 634 g/mol. The first-order valence-corrected chi connectivity index (χ1v) is 8.48. The van der Waals surface area contributed by atoms with Crippen LogP contribution in [0.3, 0.4) is 0 Å². The van der Waals surface area contributed by atoms with Crippen LogP contribution in [-0.2, 0) is 39.0 Å². The van der Waals surface area contributed by atoms with Gasteiger partial charge in [0.2, 0.25) is 0 Å². The molecule has 0 aromatic heterocycles. The second-order valence-electron chi connectivity index (χ2n) is 5.26. The molecule has 0 unspecified atom stereocenters. The van der Waals surface area contributed by atoms with E-state index in [2.05, 4.69) is 51.4 Å². The van der Waals surface area contributed by atoms with Crippen LogP contribution >= 0.6 is 0 Å². The quantitative estimate of drug-likeness (QED) is 0.231. The van der Waals surface area contributed by atoms with Crippen LogP contribution in [0.5, 0.6) is 0 Å². The predicted molar refractivity (Wildman–Crippen MR) is 104 cm³/mol. The zero-order valence-electron chi connectivity index (χ0n) is 16.3. The van der Waals surface area contributed by atoms with Gasteiger partial charge in [0, 0.05) is 0 Å². The molecule has 0 bridgehead atoms. The van der Waals surface area contributed by atoms with Gasteiger partial charge in [-0.05, 0) is 127 Å². The average Bonchev–Trinajstić information content (AvgIpc) is 3.48. The van der Waals surface area contributed by atoms with Crippen molar-refractivity contribution >= 4 is 14.5 Å². The summed E-state index contributed by atoms with van der Waals surface area (Å²) < 4.78 is 78.0. The maximum absolute atomic E-state index is 9.75. The van der Waals surface area contributed by atoms with Crippen LogP contribution in [0.25, 0.3) is 0 Å². The Morgan fingerprint density at radius 2 is 0.438 bits per heavy atom. The second kappa shape index (κ2) is 22.3.